The van der Waals surface area contributed by atoms with Crippen LogP contribution in [0.25, 0.3) is 22.3 Å². The molecule has 0 aliphatic carbocycles. The highest BCUT2D eigenvalue weighted by molar-refractivity contribution is 6.34. The summed E-state index contributed by atoms with van der Waals surface area (Å²) in [6.07, 6.45) is 0.917. The summed E-state index contributed by atoms with van der Waals surface area (Å²) in [6.45, 7) is 3.98. The molecular weight excluding hydrogens is 287 g/mol. The summed E-state index contributed by atoms with van der Waals surface area (Å²) < 4.78 is 14.0. The van der Waals surface area contributed by atoms with Crippen molar-refractivity contribution in [3.8, 4) is 11.4 Å². The molecule has 0 aliphatic heterocycles. The monoisotopic (exact) mass is 300 g/mol. The fourth-order valence-corrected chi connectivity index (χ4v) is 2.52. The molecule has 0 bridgehead atoms. The van der Waals surface area contributed by atoms with Crippen LogP contribution in [0.5, 0.6) is 0 Å². The SMILES string of the molecule is CCc1ccc2nc(-c3cc(C)ccc3F)nc(Cl)c2c1. The molecule has 2 aromatic carbocycles. The minimum absolute atomic E-state index is 0.318. The Morgan fingerprint density at radius 2 is 1.90 bits per heavy atom. The van der Waals surface area contributed by atoms with E-state index in [0.717, 1.165) is 22.9 Å². The molecule has 0 radical (unpaired) electrons. The van der Waals surface area contributed by atoms with Gasteiger partial charge in [-0.1, -0.05) is 36.2 Å². The summed E-state index contributed by atoms with van der Waals surface area (Å²) in [5.74, 6) is -0.0286. The Morgan fingerprint density at radius 3 is 2.67 bits per heavy atom. The van der Waals surface area contributed by atoms with Crippen LogP contribution in [0.4, 0.5) is 4.39 Å². The molecule has 0 saturated heterocycles. The van der Waals surface area contributed by atoms with Gasteiger partial charge in [-0.3, -0.25) is 0 Å². The van der Waals surface area contributed by atoms with Crippen molar-refractivity contribution in [3.63, 3.8) is 0 Å². The van der Waals surface area contributed by atoms with Gasteiger partial charge in [0.2, 0.25) is 0 Å². The maximum absolute atomic E-state index is 14.0. The molecule has 1 heterocycles. The number of nitrogens with zero attached hydrogens (tertiary/aromatic N) is 2. The van der Waals surface area contributed by atoms with Crippen molar-refractivity contribution in [2.75, 3.05) is 0 Å². The average Bonchev–Trinajstić information content (AvgIpc) is 2.49. The Morgan fingerprint density at radius 1 is 1.10 bits per heavy atom. The van der Waals surface area contributed by atoms with Gasteiger partial charge < -0.3 is 0 Å². The van der Waals surface area contributed by atoms with Crippen molar-refractivity contribution < 1.29 is 4.39 Å². The third-order valence-corrected chi connectivity index (χ3v) is 3.77. The largest absolute Gasteiger partial charge is 0.228 e. The van der Waals surface area contributed by atoms with E-state index in [1.54, 1.807) is 12.1 Å². The van der Waals surface area contributed by atoms with Crippen LogP contribution in [0, 0.1) is 12.7 Å². The molecule has 106 valence electrons. The van der Waals surface area contributed by atoms with E-state index < -0.39 is 0 Å². The third-order valence-electron chi connectivity index (χ3n) is 3.48. The highest BCUT2D eigenvalue weighted by Crippen LogP contribution is 2.27. The third kappa shape index (κ3) is 2.61. The highest BCUT2D eigenvalue weighted by Gasteiger charge is 2.12. The van der Waals surface area contributed by atoms with Gasteiger partial charge in [0.25, 0.3) is 0 Å². The lowest BCUT2D eigenvalue weighted by Gasteiger charge is -2.07. The zero-order chi connectivity index (χ0) is 15.0. The Hall–Kier alpha value is -2.00. The van der Waals surface area contributed by atoms with Crippen LogP contribution in [-0.2, 0) is 6.42 Å². The first-order valence-electron chi connectivity index (χ1n) is 6.81. The molecule has 0 N–H and O–H groups in total. The molecule has 2 nitrogen and oxygen atoms in total. The van der Waals surface area contributed by atoms with E-state index in [1.807, 2.05) is 25.1 Å². The number of benzene rings is 2. The van der Waals surface area contributed by atoms with Gasteiger partial charge in [0.1, 0.15) is 11.0 Å². The summed E-state index contributed by atoms with van der Waals surface area (Å²) in [5.41, 5.74) is 3.22. The molecule has 0 unspecified atom stereocenters. The number of hydrogen-bond acceptors (Lipinski definition) is 2. The van der Waals surface area contributed by atoms with Gasteiger partial charge in [-0.2, -0.15) is 0 Å². The van der Waals surface area contributed by atoms with Crippen molar-refractivity contribution in [1.82, 2.24) is 9.97 Å². The van der Waals surface area contributed by atoms with Crippen LogP contribution in [-0.4, -0.2) is 9.97 Å². The highest BCUT2D eigenvalue weighted by atomic mass is 35.5. The lowest BCUT2D eigenvalue weighted by molar-refractivity contribution is 0.629. The first-order valence-corrected chi connectivity index (χ1v) is 7.19. The molecule has 3 aromatic rings. The minimum atomic E-state index is -0.346. The summed E-state index contributed by atoms with van der Waals surface area (Å²) in [5, 5.41) is 1.15. The Bertz CT molecular complexity index is 830. The second-order valence-electron chi connectivity index (χ2n) is 5.03. The van der Waals surface area contributed by atoms with Crippen LogP contribution >= 0.6 is 11.6 Å². The summed E-state index contributed by atoms with van der Waals surface area (Å²) in [4.78, 5) is 8.71. The molecule has 0 atom stereocenters. The second-order valence-corrected chi connectivity index (χ2v) is 5.38. The number of rotatable bonds is 2. The average molecular weight is 301 g/mol. The van der Waals surface area contributed by atoms with E-state index in [4.69, 9.17) is 11.6 Å². The van der Waals surface area contributed by atoms with E-state index in [2.05, 4.69) is 16.9 Å². The van der Waals surface area contributed by atoms with Crippen molar-refractivity contribution in [2.24, 2.45) is 0 Å². The van der Waals surface area contributed by atoms with E-state index in [-0.39, 0.29) is 5.82 Å². The topological polar surface area (TPSA) is 25.8 Å². The molecule has 4 heteroatoms. The minimum Gasteiger partial charge on any atom is -0.228 e. The van der Waals surface area contributed by atoms with E-state index in [9.17, 15) is 4.39 Å². The molecular formula is C17H14ClFN2. The summed E-state index contributed by atoms with van der Waals surface area (Å²) in [7, 11) is 0. The Labute approximate surface area is 127 Å². The van der Waals surface area contributed by atoms with Crippen LogP contribution in [0.2, 0.25) is 5.15 Å². The van der Waals surface area contributed by atoms with Gasteiger partial charge >= 0.3 is 0 Å². The van der Waals surface area contributed by atoms with Gasteiger partial charge in [-0.05, 0) is 43.2 Å². The molecule has 1 aromatic heterocycles. The van der Waals surface area contributed by atoms with Crippen LogP contribution in [0.15, 0.2) is 36.4 Å². The van der Waals surface area contributed by atoms with Crippen molar-refractivity contribution in [1.29, 1.82) is 0 Å². The van der Waals surface area contributed by atoms with Crippen molar-refractivity contribution in [2.45, 2.75) is 20.3 Å². The number of aromatic nitrogens is 2. The first kappa shape index (κ1) is 14.0. The maximum Gasteiger partial charge on any atom is 0.164 e. The fourth-order valence-electron chi connectivity index (χ4n) is 2.29. The number of halogens is 2. The molecule has 0 saturated carbocycles. The fraction of sp³-hybridized carbons (Fsp3) is 0.176. The smallest absolute Gasteiger partial charge is 0.164 e. The molecule has 0 aliphatic rings. The number of hydrogen-bond donors (Lipinski definition) is 0. The van der Waals surface area contributed by atoms with Gasteiger partial charge in [0, 0.05) is 5.39 Å². The predicted molar refractivity (Wildman–Crippen MR) is 84.1 cm³/mol. The van der Waals surface area contributed by atoms with Crippen molar-refractivity contribution in [3.05, 3.63) is 58.5 Å². The zero-order valence-corrected chi connectivity index (χ0v) is 12.6. The first-order chi connectivity index (χ1) is 10.1. The number of fused-ring (bicyclic) bond motifs is 1. The quantitative estimate of drug-likeness (QED) is 0.625. The normalized spacial score (nSPS) is 11.0. The second kappa shape index (κ2) is 5.41. The standard InChI is InChI=1S/C17H14ClFN2/c1-3-11-5-7-15-13(9-11)16(18)21-17(20-15)12-8-10(2)4-6-14(12)19/h4-9H,3H2,1-2H3. The van der Waals surface area contributed by atoms with Gasteiger partial charge in [0.05, 0.1) is 11.1 Å². The lowest BCUT2D eigenvalue weighted by atomic mass is 10.1. The van der Waals surface area contributed by atoms with E-state index >= 15 is 0 Å². The van der Waals surface area contributed by atoms with E-state index in [1.165, 1.54) is 11.6 Å². The lowest BCUT2D eigenvalue weighted by Crippen LogP contribution is -1.95. The Kier molecular flexibility index (Phi) is 3.60. The summed E-state index contributed by atoms with van der Waals surface area (Å²) >= 11 is 6.26. The van der Waals surface area contributed by atoms with Gasteiger partial charge in [0.15, 0.2) is 5.82 Å². The molecule has 0 amide bonds. The predicted octanol–water partition coefficient (Wildman–Crippen LogP) is 4.96. The molecule has 0 spiro atoms. The van der Waals surface area contributed by atoms with Crippen LogP contribution in [0.1, 0.15) is 18.1 Å². The van der Waals surface area contributed by atoms with Gasteiger partial charge in [-0.25, -0.2) is 14.4 Å². The summed E-state index contributed by atoms with van der Waals surface area (Å²) in [6, 6.07) is 10.8. The van der Waals surface area contributed by atoms with Crippen LogP contribution in [0.3, 0.4) is 0 Å². The Balaban J connectivity index is 2.23. The van der Waals surface area contributed by atoms with E-state index in [0.29, 0.717) is 16.5 Å². The van der Waals surface area contributed by atoms with Crippen molar-refractivity contribution >= 4 is 22.5 Å². The molecule has 3 rings (SSSR count). The maximum atomic E-state index is 14.0. The van der Waals surface area contributed by atoms with Crippen LogP contribution < -0.4 is 0 Å². The van der Waals surface area contributed by atoms with Gasteiger partial charge in [-0.15, -0.1) is 0 Å². The zero-order valence-electron chi connectivity index (χ0n) is 11.8. The molecule has 21 heavy (non-hydrogen) atoms. The number of aryl methyl sites for hydroxylation is 2. The molecule has 0 fully saturated rings.